The van der Waals surface area contributed by atoms with Crippen molar-refractivity contribution in [3.05, 3.63) is 0 Å². The van der Waals surface area contributed by atoms with Crippen LogP contribution in [0.25, 0.3) is 0 Å². The Morgan fingerprint density at radius 1 is 1.67 bits per heavy atom. The molecule has 1 aliphatic rings. The highest BCUT2D eigenvalue weighted by atomic mass is 16.6. The average Bonchev–Trinajstić information content (AvgIpc) is 2.48. The molecule has 1 saturated heterocycles. The van der Waals surface area contributed by atoms with Gasteiger partial charge in [0.2, 0.25) is 0 Å². The van der Waals surface area contributed by atoms with Gasteiger partial charge in [0.15, 0.2) is 7.28 Å². The van der Waals surface area contributed by atoms with Gasteiger partial charge in [-0.1, -0.05) is 6.82 Å². The van der Waals surface area contributed by atoms with Crippen molar-refractivity contribution in [2.45, 2.75) is 37.9 Å². The molecule has 0 amide bonds. The van der Waals surface area contributed by atoms with Gasteiger partial charge >= 0.3 is 0 Å². The summed E-state index contributed by atoms with van der Waals surface area (Å²) in [7, 11) is 2.73. The van der Waals surface area contributed by atoms with Crippen LogP contribution in [0.15, 0.2) is 0 Å². The summed E-state index contributed by atoms with van der Waals surface area (Å²) in [6.07, 6.45) is 1.94. The summed E-state index contributed by atoms with van der Waals surface area (Å²) in [5, 5.41) is 8.76. The molecule has 70 valence electrons. The Morgan fingerprint density at radius 3 is 2.92 bits per heavy atom. The van der Waals surface area contributed by atoms with Crippen LogP contribution in [0, 0.1) is 0 Å². The van der Waals surface area contributed by atoms with E-state index in [1.54, 1.807) is 7.11 Å². The molecule has 1 N–H and O–H groups in total. The Kier molecular flexibility index (Phi) is 4.05. The summed E-state index contributed by atoms with van der Waals surface area (Å²) >= 11 is 0. The minimum absolute atomic E-state index is 0.102. The molecule has 0 bridgehead atoms. The van der Waals surface area contributed by atoms with Gasteiger partial charge in [0.05, 0.1) is 12.2 Å². The number of hydrogen-bond donors (Lipinski definition) is 1. The van der Waals surface area contributed by atoms with Crippen molar-refractivity contribution in [1.29, 1.82) is 0 Å². The van der Waals surface area contributed by atoms with Gasteiger partial charge in [-0.2, -0.15) is 0 Å². The van der Waals surface area contributed by atoms with Crippen molar-refractivity contribution in [2.24, 2.45) is 0 Å². The number of methoxy groups -OCH3 is 1. The zero-order valence-corrected chi connectivity index (χ0v) is 7.82. The number of ether oxygens (including phenoxy) is 2. The molecule has 12 heavy (non-hydrogen) atoms. The van der Waals surface area contributed by atoms with Gasteiger partial charge in [-0.25, -0.2) is 0 Å². The van der Waals surface area contributed by atoms with E-state index in [-0.39, 0.29) is 18.8 Å². The van der Waals surface area contributed by atoms with E-state index in [4.69, 9.17) is 14.6 Å². The summed E-state index contributed by atoms with van der Waals surface area (Å²) in [4.78, 5) is 0. The normalized spacial score (nSPS) is 35.4. The highest BCUT2D eigenvalue weighted by Crippen LogP contribution is 2.24. The topological polar surface area (TPSA) is 38.7 Å². The Morgan fingerprint density at radius 2 is 2.42 bits per heavy atom. The maximum absolute atomic E-state index is 8.76. The van der Waals surface area contributed by atoms with Crippen LogP contribution in [-0.2, 0) is 9.47 Å². The van der Waals surface area contributed by atoms with Gasteiger partial charge in [0.25, 0.3) is 0 Å². The Hall–Kier alpha value is -0.0551. The summed E-state index contributed by atoms with van der Waals surface area (Å²) in [6, 6.07) is 0.325. The lowest BCUT2D eigenvalue weighted by Crippen LogP contribution is -2.24. The van der Waals surface area contributed by atoms with Crippen LogP contribution in [0.2, 0.25) is 6.82 Å². The SMILES string of the molecule is CB[C@H]1C[C@@H](OC)[C@@H](CCO)O1. The second kappa shape index (κ2) is 4.85. The van der Waals surface area contributed by atoms with Crippen LogP contribution in [0.1, 0.15) is 12.8 Å². The first kappa shape index (κ1) is 10.0. The summed E-state index contributed by atoms with van der Waals surface area (Å²) < 4.78 is 10.9. The van der Waals surface area contributed by atoms with E-state index in [0.717, 1.165) is 13.7 Å². The van der Waals surface area contributed by atoms with E-state index in [1.807, 2.05) is 0 Å². The van der Waals surface area contributed by atoms with Crippen molar-refractivity contribution in [3.8, 4) is 0 Å². The molecular weight excluding hydrogens is 155 g/mol. The molecule has 0 aliphatic carbocycles. The molecule has 1 aliphatic heterocycles. The highest BCUT2D eigenvalue weighted by Gasteiger charge is 2.33. The quantitative estimate of drug-likeness (QED) is 0.606. The fourth-order valence-electron chi connectivity index (χ4n) is 1.69. The molecule has 0 spiro atoms. The molecule has 0 aromatic rings. The van der Waals surface area contributed by atoms with E-state index in [2.05, 4.69) is 6.82 Å². The van der Waals surface area contributed by atoms with Crippen LogP contribution in [0.5, 0.6) is 0 Å². The molecular formula is C8H17BO3. The molecule has 1 rings (SSSR count). The van der Waals surface area contributed by atoms with Crippen LogP contribution >= 0.6 is 0 Å². The van der Waals surface area contributed by atoms with Gasteiger partial charge in [-0.05, 0) is 12.8 Å². The predicted octanol–water partition coefficient (Wildman–Crippen LogP) is -0.0166. The minimum atomic E-state index is 0.102. The molecule has 0 saturated carbocycles. The lowest BCUT2D eigenvalue weighted by atomic mass is 9.73. The van der Waals surface area contributed by atoms with Crippen molar-refractivity contribution >= 4 is 7.28 Å². The Balaban J connectivity index is 2.39. The van der Waals surface area contributed by atoms with Crippen LogP contribution < -0.4 is 0 Å². The first-order valence-electron chi connectivity index (χ1n) is 4.61. The Bertz CT molecular complexity index is 131. The zero-order valence-electron chi connectivity index (χ0n) is 7.82. The second-order valence-electron chi connectivity index (χ2n) is 3.23. The number of aliphatic hydroxyl groups is 1. The third-order valence-electron chi connectivity index (χ3n) is 2.45. The highest BCUT2D eigenvalue weighted by molar-refractivity contribution is 6.35. The molecule has 1 fully saturated rings. The van der Waals surface area contributed by atoms with E-state index in [1.165, 1.54) is 0 Å². The van der Waals surface area contributed by atoms with E-state index >= 15 is 0 Å². The first-order chi connectivity index (χ1) is 5.81. The predicted molar refractivity (Wildman–Crippen MR) is 48.8 cm³/mol. The number of rotatable bonds is 4. The largest absolute Gasteiger partial charge is 0.396 e. The van der Waals surface area contributed by atoms with E-state index < -0.39 is 0 Å². The third kappa shape index (κ3) is 2.22. The van der Waals surface area contributed by atoms with E-state index in [9.17, 15) is 0 Å². The summed E-state index contributed by atoms with van der Waals surface area (Å²) in [5.74, 6) is 0. The van der Waals surface area contributed by atoms with E-state index in [0.29, 0.717) is 12.4 Å². The molecule has 1 heterocycles. The number of aliphatic hydroxyl groups excluding tert-OH is 1. The van der Waals surface area contributed by atoms with Crippen molar-refractivity contribution in [3.63, 3.8) is 0 Å². The van der Waals surface area contributed by atoms with Gasteiger partial charge in [0, 0.05) is 19.7 Å². The molecule has 4 heteroatoms. The second-order valence-corrected chi connectivity index (χ2v) is 3.23. The molecule has 0 aromatic heterocycles. The molecule has 0 aromatic carbocycles. The summed E-state index contributed by atoms with van der Waals surface area (Å²) in [6.45, 7) is 2.29. The fraction of sp³-hybridized carbons (Fsp3) is 1.00. The van der Waals surface area contributed by atoms with Crippen molar-refractivity contribution < 1.29 is 14.6 Å². The lowest BCUT2D eigenvalue weighted by molar-refractivity contribution is -0.00313. The molecule has 3 atom stereocenters. The van der Waals surface area contributed by atoms with Gasteiger partial charge in [-0.15, -0.1) is 0 Å². The average molecular weight is 172 g/mol. The lowest BCUT2D eigenvalue weighted by Gasteiger charge is -2.15. The fourth-order valence-corrected chi connectivity index (χ4v) is 1.69. The van der Waals surface area contributed by atoms with Crippen molar-refractivity contribution in [1.82, 2.24) is 0 Å². The van der Waals surface area contributed by atoms with Crippen LogP contribution in [-0.4, -0.2) is 44.3 Å². The maximum Gasteiger partial charge on any atom is 0.154 e. The smallest absolute Gasteiger partial charge is 0.154 e. The number of hydrogen-bond acceptors (Lipinski definition) is 3. The molecule has 0 unspecified atom stereocenters. The van der Waals surface area contributed by atoms with Gasteiger partial charge in [0.1, 0.15) is 0 Å². The van der Waals surface area contributed by atoms with Gasteiger partial charge < -0.3 is 14.6 Å². The minimum Gasteiger partial charge on any atom is -0.396 e. The third-order valence-corrected chi connectivity index (χ3v) is 2.45. The maximum atomic E-state index is 8.76. The standard InChI is InChI=1S/C8H17BO3/c1-9-8-5-7(11-2)6(12-8)3-4-10/h6-10H,3-5H2,1-2H3/t6-,7-,8-/m1/s1. The van der Waals surface area contributed by atoms with Crippen LogP contribution in [0.3, 0.4) is 0 Å². The first-order valence-corrected chi connectivity index (χ1v) is 4.61. The summed E-state index contributed by atoms with van der Waals surface area (Å²) in [5.41, 5.74) is 0. The van der Waals surface area contributed by atoms with Gasteiger partial charge in [-0.3, -0.25) is 0 Å². The molecule has 3 nitrogen and oxygen atoms in total. The van der Waals surface area contributed by atoms with Crippen LogP contribution in [0.4, 0.5) is 0 Å². The monoisotopic (exact) mass is 172 g/mol. The van der Waals surface area contributed by atoms with Crippen molar-refractivity contribution in [2.75, 3.05) is 13.7 Å². The zero-order chi connectivity index (χ0) is 8.97. The Labute approximate surface area is 74.3 Å². The molecule has 0 radical (unpaired) electrons.